The quantitative estimate of drug-likeness (QED) is 0.480. The van der Waals surface area contributed by atoms with Crippen molar-refractivity contribution in [2.45, 2.75) is 6.54 Å². The van der Waals surface area contributed by atoms with Crippen molar-refractivity contribution < 1.29 is 14.6 Å². The number of aromatic hydroxyl groups is 1. The van der Waals surface area contributed by atoms with E-state index in [0.717, 1.165) is 4.68 Å². The molecule has 1 amide bonds. The molecule has 0 bridgehead atoms. The Labute approximate surface area is 119 Å². The number of hydrogen-bond acceptors (Lipinski definition) is 8. The maximum atomic E-state index is 11.6. The zero-order valence-electron chi connectivity index (χ0n) is 11.1. The highest BCUT2D eigenvalue weighted by Gasteiger charge is 2.06. The Bertz CT molecular complexity index is 668. The normalized spacial score (nSPS) is 10.7. The van der Waals surface area contributed by atoms with Gasteiger partial charge in [-0.15, -0.1) is 0 Å². The summed E-state index contributed by atoms with van der Waals surface area (Å²) in [6.07, 6.45) is 1.41. The molecule has 0 aliphatic heterocycles. The number of anilines is 1. The number of hydrogen-bond donors (Lipinski definition) is 3. The Balaban J connectivity index is 1.93. The highest BCUT2D eigenvalue weighted by atomic mass is 16.5. The fourth-order valence-corrected chi connectivity index (χ4v) is 1.45. The summed E-state index contributed by atoms with van der Waals surface area (Å²) in [6, 6.07) is 4.65. The predicted molar refractivity (Wildman–Crippen MR) is 72.6 cm³/mol. The molecule has 0 saturated carbocycles. The molecule has 1 aromatic heterocycles. The van der Waals surface area contributed by atoms with Gasteiger partial charge in [-0.2, -0.15) is 5.10 Å². The predicted octanol–water partition coefficient (Wildman–Crippen LogP) is -0.880. The molecular weight excluding hydrogens is 278 g/mol. The van der Waals surface area contributed by atoms with Crippen LogP contribution in [0.5, 0.6) is 11.5 Å². The van der Waals surface area contributed by atoms with Crippen LogP contribution in [0.15, 0.2) is 23.3 Å². The van der Waals surface area contributed by atoms with Crippen LogP contribution in [-0.2, 0) is 11.3 Å². The molecular formula is C11H13N7O3. The van der Waals surface area contributed by atoms with Gasteiger partial charge in [0, 0.05) is 0 Å². The molecule has 4 N–H and O–H groups in total. The summed E-state index contributed by atoms with van der Waals surface area (Å²) in [5.41, 5.74) is 8.37. The number of nitrogen functional groups attached to an aromatic ring is 1. The van der Waals surface area contributed by atoms with E-state index in [4.69, 9.17) is 10.5 Å². The number of methoxy groups -OCH3 is 1. The number of tetrazole rings is 1. The van der Waals surface area contributed by atoms with Crippen molar-refractivity contribution in [2.75, 3.05) is 12.8 Å². The third kappa shape index (κ3) is 3.65. The monoisotopic (exact) mass is 291 g/mol. The first kappa shape index (κ1) is 14.2. The maximum Gasteiger partial charge on any atom is 0.261 e. The van der Waals surface area contributed by atoms with Crippen LogP contribution < -0.4 is 15.9 Å². The zero-order valence-corrected chi connectivity index (χ0v) is 11.1. The minimum absolute atomic E-state index is 0.0212. The Morgan fingerprint density at radius 3 is 3.10 bits per heavy atom. The van der Waals surface area contributed by atoms with Crippen LogP contribution in [0.1, 0.15) is 5.56 Å². The van der Waals surface area contributed by atoms with Gasteiger partial charge >= 0.3 is 0 Å². The van der Waals surface area contributed by atoms with Crippen molar-refractivity contribution >= 4 is 18.1 Å². The van der Waals surface area contributed by atoms with E-state index in [1.165, 1.54) is 19.4 Å². The third-order valence-electron chi connectivity index (χ3n) is 2.46. The lowest BCUT2D eigenvalue weighted by atomic mass is 10.2. The van der Waals surface area contributed by atoms with Crippen LogP contribution in [0.25, 0.3) is 0 Å². The van der Waals surface area contributed by atoms with Crippen molar-refractivity contribution in [2.24, 2.45) is 5.10 Å². The van der Waals surface area contributed by atoms with Gasteiger partial charge in [0.05, 0.1) is 13.3 Å². The fourth-order valence-electron chi connectivity index (χ4n) is 1.45. The summed E-state index contributed by atoms with van der Waals surface area (Å²) in [6.45, 7) is -0.144. The van der Waals surface area contributed by atoms with E-state index in [1.54, 1.807) is 12.1 Å². The number of phenolic OH excluding ortho intramolecular Hbond substituents is 1. The molecule has 110 valence electrons. The van der Waals surface area contributed by atoms with Crippen LogP contribution in [0, 0.1) is 0 Å². The van der Waals surface area contributed by atoms with E-state index >= 15 is 0 Å². The minimum Gasteiger partial charge on any atom is -0.504 e. The molecule has 10 nitrogen and oxygen atoms in total. The Morgan fingerprint density at radius 1 is 1.62 bits per heavy atom. The molecule has 1 heterocycles. The molecule has 0 aliphatic carbocycles. The van der Waals surface area contributed by atoms with Gasteiger partial charge in [0.1, 0.15) is 6.54 Å². The summed E-state index contributed by atoms with van der Waals surface area (Å²) in [5.74, 6) is -0.0621. The van der Waals surface area contributed by atoms with Gasteiger partial charge in [-0.3, -0.25) is 4.79 Å². The minimum atomic E-state index is -0.434. The number of amides is 1. The number of aromatic nitrogens is 4. The molecule has 0 spiro atoms. The molecule has 2 aromatic rings. The standard InChI is InChI=1S/C11H13N7O3/c1-21-9-4-7(2-3-8(9)19)5-13-14-10(20)6-18-11(12)15-16-17-18/h2-5,19H,6H2,1H3,(H,14,20)(H2,12,15,17)/b13-5+. The number of carbonyl (C=O) groups excluding carboxylic acids is 1. The van der Waals surface area contributed by atoms with Gasteiger partial charge in [-0.1, -0.05) is 5.10 Å². The number of nitrogens with zero attached hydrogens (tertiary/aromatic N) is 5. The fraction of sp³-hybridized carbons (Fsp3) is 0.182. The van der Waals surface area contributed by atoms with Crippen LogP contribution in [0.3, 0.4) is 0 Å². The second-order valence-corrected chi connectivity index (χ2v) is 3.92. The van der Waals surface area contributed by atoms with Gasteiger partial charge in [0.15, 0.2) is 11.5 Å². The summed E-state index contributed by atoms with van der Waals surface area (Å²) < 4.78 is 6.09. The van der Waals surface area contributed by atoms with Gasteiger partial charge in [0.25, 0.3) is 5.91 Å². The lowest BCUT2D eigenvalue weighted by Crippen LogP contribution is -2.24. The Morgan fingerprint density at radius 2 is 2.43 bits per heavy atom. The summed E-state index contributed by atoms with van der Waals surface area (Å²) in [4.78, 5) is 11.6. The summed E-state index contributed by atoms with van der Waals surface area (Å²) in [7, 11) is 1.44. The van der Waals surface area contributed by atoms with Gasteiger partial charge in [0.2, 0.25) is 5.95 Å². The summed E-state index contributed by atoms with van der Waals surface area (Å²) >= 11 is 0. The number of carbonyl (C=O) groups is 1. The molecule has 10 heteroatoms. The smallest absolute Gasteiger partial charge is 0.261 e. The van der Waals surface area contributed by atoms with Gasteiger partial charge in [-0.25, -0.2) is 10.1 Å². The van der Waals surface area contributed by atoms with Crippen molar-refractivity contribution in [3.05, 3.63) is 23.8 Å². The zero-order chi connectivity index (χ0) is 15.2. The second-order valence-electron chi connectivity index (χ2n) is 3.92. The Hall–Kier alpha value is -3.17. The van der Waals surface area contributed by atoms with Crippen molar-refractivity contribution in [1.29, 1.82) is 0 Å². The molecule has 21 heavy (non-hydrogen) atoms. The number of hydrazone groups is 1. The van der Waals surface area contributed by atoms with E-state index in [2.05, 4.69) is 26.1 Å². The van der Waals surface area contributed by atoms with Crippen LogP contribution >= 0.6 is 0 Å². The first-order valence-electron chi connectivity index (χ1n) is 5.80. The topological polar surface area (TPSA) is 141 Å². The van der Waals surface area contributed by atoms with E-state index < -0.39 is 5.91 Å². The number of rotatable bonds is 5. The lowest BCUT2D eigenvalue weighted by Gasteiger charge is -2.03. The number of benzene rings is 1. The first-order chi connectivity index (χ1) is 10.1. The van der Waals surface area contributed by atoms with Gasteiger partial charge < -0.3 is 15.6 Å². The molecule has 1 aromatic carbocycles. The molecule has 0 fully saturated rings. The SMILES string of the molecule is COc1cc(/C=N/NC(=O)Cn2nnnc2N)ccc1O. The molecule has 0 radical (unpaired) electrons. The molecule has 2 rings (SSSR count). The number of nitrogens with two attached hydrogens (primary N) is 1. The second kappa shape index (κ2) is 6.32. The van der Waals surface area contributed by atoms with Crippen LogP contribution in [-0.4, -0.2) is 44.5 Å². The Kier molecular flexibility index (Phi) is 4.29. The number of ether oxygens (including phenoxy) is 1. The highest BCUT2D eigenvalue weighted by Crippen LogP contribution is 2.25. The van der Waals surface area contributed by atoms with Crippen LogP contribution in [0.2, 0.25) is 0 Å². The van der Waals surface area contributed by atoms with Crippen molar-refractivity contribution in [3.63, 3.8) is 0 Å². The first-order valence-corrected chi connectivity index (χ1v) is 5.80. The van der Waals surface area contributed by atoms with Gasteiger partial charge in [-0.05, 0) is 34.2 Å². The largest absolute Gasteiger partial charge is 0.504 e. The van der Waals surface area contributed by atoms with E-state index in [1.807, 2.05) is 0 Å². The maximum absolute atomic E-state index is 11.6. The van der Waals surface area contributed by atoms with Crippen LogP contribution in [0.4, 0.5) is 5.95 Å². The van der Waals surface area contributed by atoms with E-state index in [0.29, 0.717) is 11.3 Å². The average Bonchev–Trinajstić information content (AvgIpc) is 2.86. The highest BCUT2D eigenvalue weighted by molar-refractivity contribution is 5.83. The van der Waals surface area contributed by atoms with E-state index in [9.17, 15) is 9.90 Å². The summed E-state index contributed by atoms with van der Waals surface area (Å²) in [5, 5.41) is 23.5. The third-order valence-corrected chi connectivity index (χ3v) is 2.46. The molecule has 0 saturated heterocycles. The number of phenols is 1. The molecule has 0 aliphatic rings. The molecule has 0 unspecified atom stereocenters. The molecule has 0 atom stereocenters. The van der Waals surface area contributed by atoms with Crippen molar-refractivity contribution in [3.8, 4) is 11.5 Å². The lowest BCUT2D eigenvalue weighted by molar-refractivity contribution is -0.121. The number of nitrogens with one attached hydrogen (secondary N) is 1. The van der Waals surface area contributed by atoms with Crippen molar-refractivity contribution in [1.82, 2.24) is 25.6 Å². The van der Waals surface area contributed by atoms with E-state index in [-0.39, 0.29) is 18.2 Å². The average molecular weight is 291 g/mol.